The normalized spacial score (nSPS) is 18.2. The van der Waals surface area contributed by atoms with Crippen molar-refractivity contribution < 1.29 is 4.79 Å². The van der Waals surface area contributed by atoms with Gasteiger partial charge >= 0.3 is 0 Å². The van der Waals surface area contributed by atoms with Gasteiger partial charge in [0.25, 0.3) is 0 Å². The number of likely N-dealkylation sites (tertiary alicyclic amines) is 1. The van der Waals surface area contributed by atoms with Gasteiger partial charge in [0.15, 0.2) is 0 Å². The average molecular weight is 281 g/mol. The highest BCUT2D eigenvalue weighted by molar-refractivity contribution is 6.06. The highest BCUT2D eigenvalue weighted by Crippen LogP contribution is 2.27. The van der Waals surface area contributed by atoms with E-state index < -0.39 is 0 Å². The summed E-state index contributed by atoms with van der Waals surface area (Å²) < 4.78 is 0. The molecule has 1 saturated heterocycles. The van der Waals surface area contributed by atoms with Gasteiger partial charge in [0.1, 0.15) is 0 Å². The van der Waals surface area contributed by atoms with Gasteiger partial charge in [-0.1, -0.05) is 18.2 Å². The number of benzene rings is 1. The minimum absolute atomic E-state index is 0.295. The molecule has 1 N–H and O–H groups in total. The number of hydrogen-bond acceptors (Lipinski definition) is 2. The summed E-state index contributed by atoms with van der Waals surface area (Å²) >= 11 is 0. The molecule has 0 bridgehead atoms. The third kappa shape index (κ3) is 2.15. The fourth-order valence-corrected chi connectivity index (χ4v) is 3.47. The molecule has 1 fully saturated rings. The summed E-state index contributed by atoms with van der Waals surface area (Å²) in [5.41, 5.74) is 4.90. The molecule has 1 aromatic carbocycles. The summed E-state index contributed by atoms with van der Waals surface area (Å²) in [5.74, 6) is 0.295. The quantitative estimate of drug-likeness (QED) is 0.923. The standard InChI is InChI=1S/C17H19N3O/c21-16-6-3-10-20(16)11-8-15-17-13(7-9-18-15)12-4-1-2-5-14(12)19-17/h1-2,4-5,19H,3,6-11H2. The van der Waals surface area contributed by atoms with Crippen LogP contribution in [0.25, 0.3) is 10.9 Å². The Morgan fingerprint density at radius 2 is 2.14 bits per heavy atom. The molecule has 2 aromatic rings. The Morgan fingerprint density at radius 3 is 3.00 bits per heavy atom. The van der Waals surface area contributed by atoms with Crippen LogP contribution in [-0.2, 0) is 11.2 Å². The van der Waals surface area contributed by atoms with E-state index in [1.807, 2.05) is 4.90 Å². The van der Waals surface area contributed by atoms with Crippen molar-refractivity contribution in [2.45, 2.75) is 25.7 Å². The maximum absolute atomic E-state index is 11.7. The van der Waals surface area contributed by atoms with Gasteiger partial charge < -0.3 is 9.88 Å². The number of rotatable bonds is 3. The zero-order chi connectivity index (χ0) is 14.2. The molecule has 21 heavy (non-hydrogen) atoms. The van der Waals surface area contributed by atoms with E-state index in [1.165, 1.54) is 22.2 Å². The number of nitrogens with zero attached hydrogens (tertiary/aromatic N) is 2. The lowest BCUT2D eigenvalue weighted by molar-refractivity contribution is -0.127. The fraction of sp³-hybridized carbons (Fsp3) is 0.412. The Hall–Kier alpha value is -2.10. The van der Waals surface area contributed by atoms with Gasteiger partial charge in [-0.05, 0) is 24.5 Å². The summed E-state index contributed by atoms with van der Waals surface area (Å²) in [7, 11) is 0. The van der Waals surface area contributed by atoms with E-state index >= 15 is 0 Å². The van der Waals surface area contributed by atoms with E-state index in [9.17, 15) is 4.79 Å². The number of amides is 1. The first-order valence-electron chi connectivity index (χ1n) is 7.74. The number of carbonyl (C=O) groups excluding carboxylic acids is 1. The summed E-state index contributed by atoms with van der Waals surface area (Å²) in [4.78, 5) is 21.9. The van der Waals surface area contributed by atoms with Gasteiger partial charge in [-0.3, -0.25) is 9.79 Å². The van der Waals surface area contributed by atoms with Crippen LogP contribution in [0.1, 0.15) is 30.5 Å². The fourth-order valence-electron chi connectivity index (χ4n) is 3.47. The lowest BCUT2D eigenvalue weighted by Gasteiger charge is -2.18. The van der Waals surface area contributed by atoms with Gasteiger partial charge in [-0.25, -0.2) is 0 Å². The summed E-state index contributed by atoms with van der Waals surface area (Å²) in [6.45, 7) is 2.57. The van der Waals surface area contributed by atoms with Crippen LogP contribution in [0.5, 0.6) is 0 Å². The lowest BCUT2D eigenvalue weighted by Crippen LogP contribution is -2.28. The van der Waals surface area contributed by atoms with E-state index in [4.69, 9.17) is 4.99 Å². The lowest BCUT2D eigenvalue weighted by atomic mass is 10.0. The summed E-state index contributed by atoms with van der Waals surface area (Å²) in [6, 6.07) is 8.45. The molecule has 0 unspecified atom stereocenters. The molecule has 1 amide bonds. The highest BCUT2D eigenvalue weighted by atomic mass is 16.2. The van der Waals surface area contributed by atoms with Gasteiger partial charge in [0.2, 0.25) is 5.91 Å². The summed E-state index contributed by atoms with van der Waals surface area (Å²) in [5, 5.41) is 1.32. The molecule has 2 aliphatic rings. The molecule has 4 nitrogen and oxygen atoms in total. The van der Waals surface area contributed by atoms with Crippen molar-refractivity contribution in [2.24, 2.45) is 4.99 Å². The minimum atomic E-state index is 0.295. The van der Waals surface area contributed by atoms with Crippen LogP contribution in [0, 0.1) is 0 Å². The molecular formula is C17H19N3O. The van der Waals surface area contributed by atoms with Crippen LogP contribution in [0.4, 0.5) is 0 Å². The molecule has 0 spiro atoms. The van der Waals surface area contributed by atoms with Crippen molar-refractivity contribution in [3.63, 3.8) is 0 Å². The number of nitrogens with one attached hydrogen (secondary N) is 1. The largest absolute Gasteiger partial charge is 0.353 e. The smallest absolute Gasteiger partial charge is 0.222 e. The molecule has 0 atom stereocenters. The Labute approximate surface area is 123 Å². The molecule has 4 rings (SSSR count). The number of hydrogen-bond donors (Lipinski definition) is 1. The second-order valence-electron chi connectivity index (χ2n) is 5.84. The average Bonchev–Trinajstić information content (AvgIpc) is 3.09. The Kier molecular flexibility index (Phi) is 3.02. The maximum Gasteiger partial charge on any atom is 0.222 e. The first-order chi connectivity index (χ1) is 10.3. The topological polar surface area (TPSA) is 48.5 Å². The van der Waals surface area contributed by atoms with E-state index in [0.717, 1.165) is 44.6 Å². The van der Waals surface area contributed by atoms with Gasteiger partial charge in [-0.2, -0.15) is 0 Å². The molecule has 2 aliphatic heterocycles. The van der Waals surface area contributed by atoms with Crippen molar-refractivity contribution >= 4 is 22.5 Å². The van der Waals surface area contributed by atoms with Crippen molar-refractivity contribution in [3.8, 4) is 0 Å². The molecule has 108 valence electrons. The second-order valence-corrected chi connectivity index (χ2v) is 5.84. The van der Waals surface area contributed by atoms with Gasteiger partial charge in [0, 0.05) is 43.4 Å². The van der Waals surface area contributed by atoms with E-state index in [-0.39, 0.29) is 0 Å². The molecular weight excluding hydrogens is 262 g/mol. The number of H-pyrrole nitrogens is 1. The number of carbonyl (C=O) groups is 1. The predicted molar refractivity (Wildman–Crippen MR) is 83.8 cm³/mol. The van der Waals surface area contributed by atoms with Gasteiger partial charge in [-0.15, -0.1) is 0 Å². The van der Waals surface area contributed by atoms with E-state index in [0.29, 0.717) is 12.3 Å². The third-order valence-electron chi connectivity index (χ3n) is 4.56. The number of para-hydroxylation sites is 1. The van der Waals surface area contributed by atoms with Crippen LogP contribution in [0.15, 0.2) is 29.3 Å². The van der Waals surface area contributed by atoms with Crippen molar-refractivity contribution in [3.05, 3.63) is 35.5 Å². The monoisotopic (exact) mass is 281 g/mol. The number of aromatic amines is 1. The predicted octanol–water partition coefficient (Wildman–Crippen LogP) is 2.53. The highest BCUT2D eigenvalue weighted by Gasteiger charge is 2.23. The second kappa shape index (κ2) is 5.02. The minimum Gasteiger partial charge on any atom is -0.353 e. The van der Waals surface area contributed by atoms with E-state index in [2.05, 4.69) is 29.2 Å². The van der Waals surface area contributed by atoms with E-state index in [1.54, 1.807) is 0 Å². The number of aromatic nitrogens is 1. The molecule has 0 aliphatic carbocycles. The van der Waals surface area contributed by atoms with Crippen molar-refractivity contribution in [1.82, 2.24) is 9.88 Å². The third-order valence-corrected chi connectivity index (χ3v) is 4.56. The first-order valence-corrected chi connectivity index (χ1v) is 7.74. The number of aliphatic imine (C=N–C) groups is 1. The van der Waals surface area contributed by atoms with Crippen LogP contribution < -0.4 is 0 Å². The van der Waals surface area contributed by atoms with Crippen molar-refractivity contribution in [1.29, 1.82) is 0 Å². The molecule has 3 heterocycles. The number of fused-ring (bicyclic) bond motifs is 3. The zero-order valence-corrected chi connectivity index (χ0v) is 12.1. The Morgan fingerprint density at radius 1 is 1.24 bits per heavy atom. The molecule has 1 aromatic heterocycles. The van der Waals surface area contributed by atoms with Crippen LogP contribution >= 0.6 is 0 Å². The SMILES string of the molecule is O=C1CCCN1CCC1=NCCc2c1[nH]c1ccccc21. The molecule has 0 radical (unpaired) electrons. The molecule has 4 heteroatoms. The Balaban J connectivity index is 1.60. The van der Waals surface area contributed by atoms with Crippen LogP contribution in [0.2, 0.25) is 0 Å². The molecule has 0 saturated carbocycles. The van der Waals surface area contributed by atoms with Crippen LogP contribution in [-0.4, -0.2) is 41.1 Å². The maximum atomic E-state index is 11.7. The van der Waals surface area contributed by atoms with Gasteiger partial charge in [0.05, 0.1) is 11.4 Å². The first kappa shape index (κ1) is 12.6. The summed E-state index contributed by atoms with van der Waals surface area (Å²) in [6.07, 6.45) is 3.57. The Bertz CT molecular complexity index is 729. The zero-order valence-electron chi connectivity index (χ0n) is 12.1. The van der Waals surface area contributed by atoms with Crippen LogP contribution in [0.3, 0.4) is 0 Å². The van der Waals surface area contributed by atoms with Crippen molar-refractivity contribution in [2.75, 3.05) is 19.6 Å².